The van der Waals surface area contributed by atoms with Crippen molar-refractivity contribution in [3.8, 4) is 0 Å². The van der Waals surface area contributed by atoms with Crippen LogP contribution in [-0.4, -0.2) is 63.1 Å². The third kappa shape index (κ3) is 4.67. The van der Waals surface area contributed by atoms with Crippen molar-refractivity contribution in [2.45, 2.75) is 24.5 Å². The Morgan fingerprint density at radius 2 is 1.70 bits per heavy atom. The molecule has 8 nitrogen and oxygen atoms in total. The highest BCUT2D eigenvalue weighted by Crippen LogP contribution is 2.17. The lowest BCUT2D eigenvalue weighted by molar-refractivity contribution is 0.144. The molecule has 3 aromatic rings. The van der Waals surface area contributed by atoms with Crippen LogP contribution in [0, 0.1) is 4.77 Å². The summed E-state index contributed by atoms with van der Waals surface area (Å²) < 4.78 is 31.5. The minimum Gasteiger partial charge on any atom is -0.306 e. The highest BCUT2D eigenvalue weighted by atomic mass is 32.2. The summed E-state index contributed by atoms with van der Waals surface area (Å²) in [4.78, 5) is 6.85. The maximum absolute atomic E-state index is 12.8. The average Bonchev–Trinajstić information content (AvgIpc) is 3.13. The van der Waals surface area contributed by atoms with Gasteiger partial charge in [-0.05, 0) is 36.5 Å². The third-order valence-electron chi connectivity index (χ3n) is 5.18. The van der Waals surface area contributed by atoms with Crippen LogP contribution < -0.4 is 0 Å². The molecule has 0 amide bonds. The molecule has 0 bridgehead atoms. The Bertz CT molecular complexity index is 1120. The molecule has 1 saturated heterocycles. The molecule has 0 saturated carbocycles. The summed E-state index contributed by atoms with van der Waals surface area (Å²) in [5.41, 5.74) is 1.02. The van der Waals surface area contributed by atoms with Crippen LogP contribution in [0.15, 0.2) is 66.0 Å². The summed E-state index contributed by atoms with van der Waals surface area (Å²) >= 11 is 5.57. The van der Waals surface area contributed by atoms with E-state index in [1.54, 1.807) is 45.8 Å². The van der Waals surface area contributed by atoms with E-state index >= 15 is 0 Å². The van der Waals surface area contributed by atoms with E-state index in [0.717, 1.165) is 18.7 Å². The summed E-state index contributed by atoms with van der Waals surface area (Å²) in [6.45, 7) is 3.44. The van der Waals surface area contributed by atoms with Crippen LogP contribution in [0.3, 0.4) is 0 Å². The van der Waals surface area contributed by atoms with Gasteiger partial charge in [-0.2, -0.15) is 9.40 Å². The zero-order valence-corrected chi connectivity index (χ0v) is 18.2. The number of hydrogen-bond donors (Lipinski definition) is 0. The zero-order valence-electron chi connectivity index (χ0n) is 16.5. The van der Waals surface area contributed by atoms with E-state index in [1.807, 2.05) is 28.8 Å². The van der Waals surface area contributed by atoms with Gasteiger partial charge >= 0.3 is 0 Å². The van der Waals surface area contributed by atoms with Gasteiger partial charge in [0, 0.05) is 51.0 Å². The van der Waals surface area contributed by atoms with Crippen molar-refractivity contribution in [2.75, 3.05) is 26.2 Å². The summed E-state index contributed by atoms with van der Waals surface area (Å²) in [7, 11) is -3.44. The molecule has 0 unspecified atom stereocenters. The van der Waals surface area contributed by atoms with Crippen LogP contribution in [-0.2, 0) is 29.7 Å². The van der Waals surface area contributed by atoms with Crippen molar-refractivity contribution < 1.29 is 8.42 Å². The van der Waals surface area contributed by atoms with E-state index in [1.165, 1.54) is 0 Å². The fourth-order valence-electron chi connectivity index (χ4n) is 3.45. The molecule has 3 heterocycles. The predicted molar refractivity (Wildman–Crippen MR) is 116 cm³/mol. The molecular weight excluding hydrogens is 420 g/mol. The summed E-state index contributed by atoms with van der Waals surface area (Å²) in [5, 5.41) is 4.42. The van der Waals surface area contributed by atoms with Gasteiger partial charge in [0.25, 0.3) is 0 Å². The van der Waals surface area contributed by atoms with E-state index in [0.29, 0.717) is 42.5 Å². The lowest BCUT2D eigenvalue weighted by Gasteiger charge is -2.33. The summed E-state index contributed by atoms with van der Waals surface area (Å²) in [6, 6.07) is 14.5. The molecule has 158 valence electrons. The Morgan fingerprint density at radius 3 is 2.40 bits per heavy atom. The van der Waals surface area contributed by atoms with Gasteiger partial charge in [-0.1, -0.05) is 24.3 Å². The molecule has 0 atom stereocenters. The Balaban J connectivity index is 1.33. The minimum atomic E-state index is -3.44. The second kappa shape index (κ2) is 9.17. The first kappa shape index (κ1) is 20.9. The summed E-state index contributed by atoms with van der Waals surface area (Å²) in [6.07, 6.45) is 4.33. The van der Waals surface area contributed by atoms with Gasteiger partial charge in [0.15, 0.2) is 4.77 Å². The number of sulfonamides is 1. The fraction of sp³-hybridized carbons (Fsp3) is 0.350. The van der Waals surface area contributed by atoms with Crippen molar-refractivity contribution in [1.82, 2.24) is 28.5 Å². The lowest BCUT2D eigenvalue weighted by Crippen LogP contribution is -2.48. The van der Waals surface area contributed by atoms with Crippen molar-refractivity contribution >= 4 is 22.2 Å². The van der Waals surface area contributed by atoms with E-state index < -0.39 is 10.0 Å². The second-order valence-electron chi connectivity index (χ2n) is 7.15. The molecular formula is C20H24N6O2S2. The van der Waals surface area contributed by atoms with Crippen molar-refractivity contribution in [3.05, 3.63) is 71.5 Å². The van der Waals surface area contributed by atoms with Gasteiger partial charge in [-0.15, -0.1) is 0 Å². The maximum Gasteiger partial charge on any atom is 0.243 e. The normalized spacial score (nSPS) is 16.0. The third-order valence-corrected chi connectivity index (χ3v) is 7.54. The van der Waals surface area contributed by atoms with Gasteiger partial charge in [-0.25, -0.2) is 13.1 Å². The Hall–Kier alpha value is -2.40. The van der Waals surface area contributed by atoms with Gasteiger partial charge in [0.2, 0.25) is 10.0 Å². The predicted octanol–water partition coefficient (Wildman–Crippen LogP) is 2.02. The van der Waals surface area contributed by atoms with E-state index in [-0.39, 0.29) is 0 Å². The molecule has 1 fully saturated rings. The first-order valence-corrected chi connectivity index (χ1v) is 11.7. The Kier molecular flexibility index (Phi) is 6.38. The van der Waals surface area contributed by atoms with E-state index in [4.69, 9.17) is 12.2 Å². The van der Waals surface area contributed by atoms with Crippen molar-refractivity contribution in [3.63, 3.8) is 0 Å². The first-order chi connectivity index (χ1) is 14.5. The molecule has 1 aliphatic heterocycles. The monoisotopic (exact) mass is 444 g/mol. The number of pyridine rings is 1. The Morgan fingerprint density at radius 1 is 0.967 bits per heavy atom. The molecule has 1 aromatic carbocycles. The number of hydrogen-bond acceptors (Lipinski definition) is 6. The Labute approximate surface area is 181 Å². The van der Waals surface area contributed by atoms with Crippen LogP contribution in [0.4, 0.5) is 0 Å². The number of nitrogens with zero attached hydrogens (tertiary/aromatic N) is 6. The quantitative estimate of drug-likeness (QED) is 0.519. The van der Waals surface area contributed by atoms with Gasteiger partial charge < -0.3 is 4.57 Å². The number of piperazine rings is 1. The van der Waals surface area contributed by atoms with Crippen LogP contribution in [0.25, 0.3) is 0 Å². The van der Waals surface area contributed by atoms with Crippen LogP contribution in [0.5, 0.6) is 0 Å². The van der Waals surface area contributed by atoms with Gasteiger partial charge in [-0.3, -0.25) is 9.88 Å². The topological polar surface area (TPSA) is 76.3 Å². The van der Waals surface area contributed by atoms with Crippen LogP contribution in [0.1, 0.15) is 5.69 Å². The molecule has 0 radical (unpaired) electrons. The lowest BCUT2D eigenvalue weighted by atomic mass is 10.3. The van der Waals surface area contributed by atoms with Crippen LogP contribution in [0.2, 0.25) is 0 Å². The van der Waals surface area contributed by atoms with Crippen LogP contribution >= 0.6 is 12.2 Å². The largest absolute Gasteiger partial charge is 0.306 e. The second-order valence-corrected chi connectivity index (χ2v) is 9.46. The SMILES string of the molecule is O=S(=O)(c1ccccc1)N1CCN(Cn2ncn(CCc3ccccn3)c2=S)CC1. The van der Waals surface area contributed by atoms with Gasteiger partial charge in [0.1, 0.15) is 6.33 Å². The number of benzene rings is 1. The minimum absolute atomic E-state index is 0.340. The average molecular weight is 445 g/mol. The molecule has 4 rings (SSSR count). The highest BCUT2D eigenvalue weighted by Gasteiger charge is 2.28. The fourth-order valence-corrected chi connectivity index (χ4v) is 5.13. The standard InChI is InChI=1S/C20H24N6O2S2/c27-30(28,19-7-2-1-3-8-19)25-14-12-23(13-15-25)17-26-20(29)24(16-22-26)11-9-18-6-4-5-10-21-18/h1-8,10,16H,9,11-15,17H2. The van der Waals surface area contributed by atoms with Gasteiger partial charge in [0.05, 0.1) is 11.6 Å². The first-order valence-electron chi connectivity index (χ1n) is 9.84. The molecule has 0 aliphatic carbocycles. The zero-order chi connectivity index (χ0) is 21.0. The molecule has 2 aromatic heterocycles. The highest BCUT2D eigenvalue weighted by molar-refractivity contribution is 7.89. The molecule has 1 aliphatic rings. The molecule has 30 heavy (non-hydrogen) atoms. The van der Waals surface area contributed by atoms with E-state index in [9.17, 15) is 8.42 Å². The van der Waals surface area contributed by atoms with E-state index in [2.05, 4.69) is 15.0 Å². The van der Waals surface area contributed by atoms with Crippen molar-refractivity contribution in [2.24, 2.45) is 0 Å². The maximum atomic E-state index is 12.8. The molecule has 0 spiro atoms. The number of aryl methyl sites for hydroxylation is 2. The molecule has 10 heteroatoms. The molecule has 0 N–H and O–H groups in total. The number of aromatic nitrogens is 4. The van der Waals surface area contributed by atoms with Crippen molar-refractivity contribution in [1.29, 1.82) is 0 Å². The number of rotatable bonds is 7. The smallest absolute Gasteiger partial charge is 0.243 e. The summed E-state index contributed by atoms with van der Waals surface area (Å²) in [5.74, 6) is 0.